The van der Waals surface area contributed by atoms with Gasteiger partial charge in [0.1, 0.15) is 0 Å². The SMILES string of the molecule is COc1ccc(NC(=O)CC2CCNC2)cc1OC.Cl. The third-order valence-electron chi connectivity index (χ3n) is 3.30. The molecular weight excluding hydrogens is 280 g/mol. The van der Waals surface area contributed by atoms with Crippen molar-refractivity contribution in [2.75, 3.05) is 32.6 Å². The van der Waals surface area contributed by atoms with Crippen LogP contribution in [0.25, 0.3) is 0 Å². The highest BCUT2D eigenvalue weighted by molar-refractivity contribution is 5.91. The zero-order chi connectivity index (χ0) is 13.7. The van der Waals surface area contributed by atoms with E-state index in [1.54, 1.807) is 26.4 Å². The van der Waals surface area contributed by atoms with Crippen molar-refractivity contribution in [2.45, 2.75) is 12.8 Å². The second kappa shape index (κ2) is 7.97. The monoisotopic (exact) mass is 300 g/mol. The summed E-state index contributed by atoms with van der Waals surface area (Å²) in [4.78, 5) is 11.9. The van der Waals surface area contributed by atoms with E-state index in [4.69, 9.17) is 9.47 Å². The Bertz CT molecular complexity index is 448. The molecule has 1 heterocycles. The number of amides is 1. The van der Waals surface area contributed by atoms with Gasteiger partial charge in [0.2, 0.25) is 5.91 Å². The second-order valence-corrected chi connectivity index (χ2v) is 4.68. The molecule has 0 aliphatic carbocycles. The highest BCUT2D eigenvalue weighted by Gasteiger charge is 2.18. The van der Waals surface area contributed by atoms with Gasteiger partial charge in [-0.25, -0.2) is 0 Å². The van der Waals surface area contributed by atoms with E-state index in [2.05, 4.69) is 10.6 Å². The van der Waals surface area contributed by atoms with E-state index < -0.39 is 0 Å². The van der Waals surface area contributed by atoms with Gasteiger partial charge in [0.25, 0.3) is 0 Å². The average Bonchev–Trinajstić information content (AvgIpc) is 2.91. The van der Waals surface area contributed by atoms with Gasteiger partial charge in [0.15, 0.2) is 11.5 Å². The molecule has 0 aromatic heterocycles. The molecule has 1 atom stereocenters. The number of anilines is 1. The summed E-state index contributed by atoms with van der Waals surface area (Å²) in [5.41, 5.74) is 0.730. The van der Waals surface area contributed by atoms with Crippen LogP contribution in [-0.4, -0.2) is 33.2 Å². The van der Waals surface area contributed by atoms with Gasteiger partial charge in [-0.3, -0.25) is 4.79 Å². The lowest BCUT2D eigenvalue weighted by Crippen LogP contribution is -2.18. The number of nitrogens with one attached hydrogen (secondary N) is 2. The summed E-state index contributed by atoms with van der Waals surface area (Å²) < 4.78 is 10.4. The Labute approximate surface area is 125 Å². The molecule has 0 spiro atoms. The average molecular weight is 301 g/mol. The summed E-state index contributed by atoms with van der Waals surface area (Å²) in [5, 5.41) is 6.15. The molecule has 1 aromatic rings. The normalized spacial score (nSPS) is 17.2. The van der Waals surface area contributed by atoms with Crippen LogP contribution in [0.15, 0.2) is 18.2 Å². The van der Waals surface area contributed by atoms with Crippen molar-refractivity contribution in [3.8, 4) is 11.5 Å². The molecule has 20 heavy (non-hydrogen) atoms. The predicted octanol–water partition coefficient (Wildman–Crippen LogP) is 2.06. The van der Waals surface area contributed by atoms with Crippen LogP contribution in [0.4, 0.5) is 5.69 Å². The smallest absolute Gasteiger partial charge is 0.224 e. The van der Waals surface area contributed by atoms with Crippen LogP contribution in [-0.2, 0) is 4.79 Å². The Morgan fingerprint density at radius 1 is 1.35 bits per heavy atom. The highest BCUT2D eigenvalue weighted by atomic mass is 35.5. The molecule has 0 saturated carbocycles. The standard InChI is InChI=1S/C14H20N2O3.ClH/c1-18-12-4-3-11(8-13(12)19-2)16-14(17)7-10-5-6-15-9-10;/h3-4,8,10,15H,5-7,9H2,1-2H3,(H,16,17);1H. The van der Waals surface area contributed by atoms with Gasteiger partial charge in [-0.1, -0.05) is 0 Å². The molecule has 1 amide bonds. The number of carbonyl (C=O) groups is 1. The minimum Gasteiger partial charge on any atom is -0.493 e. The number of ether oxygens (including phenoxy) is 2. The first-order valence-electron chi connectivity index (χ1n) is 6.45. The molecule has 2 N–H and O–H groups in total. The van der Waals surface area contributed by atoms with E-state index >= 15 is 0 Å². The summed E-state index contributed by atoms with van der Waals surface area (Å²) >= 11 is 0. The molecule has 112 valence electrons. The maximum absolute atomic E-state index is 11.9. The summed E-state index contributed by atoms with van der Waals surface area (Å²) in [6.45, 7) is 1.94. The zero-order valence-corrected chi connectivity index (χ0v) is 12.6. The lowest BCUT2D eigenvalue weighted by Gasteiger charge is -2.12. The number of hydrogen-bond donors (Lipinski definition) is 2. The van der Waals surface area contributed by atoms with Crippen molar-refractivity contribution in [3.05, 3.63) is 18.2 Å². The number of carbonyl (C=O) groups excluding carboxylic acids is 1. The van der Waals surface area contributed by atoms with Crippen molar-refractivity contribution < 1.29 is 14.3 Å². The lowest BCUT2D eigenvalue weighted by atomic mass is 10.0. The predicted molar refractivity (Wildman–Crippen MR) is 81.0 cm³/mol. The number of hydrogen-bond acceptors (Lipinski definition) is 4. The van der Waals surface area contributed by atoms with Gasteiger partial charge in [-0.05, 0) is 37.6 Å². The fourth-order valence-corrected chi connectivity index (χ4v) is 2.28. The first-order chi connectivity index (χ1) is 9.22. The van der Waals surface area contributed by atoms with Crippen LogP contribution in [0.2, 0.25) is 0 Å². The second-order valence-electron chi connectivity index (χ2n) is 4.68. The van der Waals surface area contributed by atoms with Gasteiger partial charge in [-0.2, -0.15) is 0 Å². The highest BCUT2D eigenvalue weighted by Crippen LogP contribution is 2.29. The van der Waals surface area contributed by atoms with E-state index in [0.29, 0.717) is 23.8 Å². The maximum atomic E-state index is 11.9. The van der Waals surface area contributed by atoms with Crippen LogP contribution in [0.5, 0.6) is 11.5 Å². The molecule has 0 bridgehead atoms. The van der Waals surface area contributed by atoms with E-state index in [9.17, 15) is 4.79 Å². The molecule has 1 unspecified atom stereocenters. The van der Waals surface area contributed by atoms with E-state index in [-0.39, 0.29) is 18.3 Å². The maximum Gasteiger partial charge on any atom is 0.224 e. The van der Waals surface area contributed by atoms with Crippen molar-refractivity contribution in [2.24, 2.45) is 5.92 Å². The third-order valence-corrected chi connectivity index (χ3v) is 3.30. The quantitative estimate of drug-likeness (QED) is 0.874. The molecule has 1 saturated heterocycles. The van der Waals surface area contributed by atoms with Crippen LogP contribution < -0.4 is 20.1 Å². The third kappa shape index (κ3) is 4.28. The van der Waals surface area contributed by atoms with Crippen molar-refractivity contribution in [1.29, 1.82) is 0 Å². The summed E-state index contributed by atoms with van der Waals surface area (Å²) in [7, 11) is 3.16. The molecule has 1 aliphatic heterocycles. The van der Waals surface area contributed by atoms with Crippen molar-refractivity contribution >= 4 is 24.0 Å². The lowest BCUT2D eigenvalue weighted by molar-refractivity contribution is -0.116. The number of methoxy groups -OCH3 is 2. The zero-order valence-electron chi connectivity index (χ0n) is 11.8. The topological polar surface area (TPSA) is 59.6 Å². The molecular formula is C14H21ClN2O3. The Kier molecular flexibility index (Phi) is 6.61. The number of benzene rings is 1. The van der Waals surface area contributed by atoms with Gasteiger partial charge in [-0.15, -0.1) is 12.4 Å². The molecule has 1 fully saturated rings. The molecule has 1 aliphatic rings. The summed E-state index contributed by atoms with van der Waals surface area (Å²) in [6, 6.07) is 5.36. The van der Waals surface area contributed by atoms with Crippen LogP contribution in [0, 0.1) is 5.92 Å². The fraction of sp³-hybridized carbons (Fsp3) is 0.500. The molecule has 1 aromatic carbocycles. The Hall–Kier alpha value is -1.46. The fourth-order valence-electron chi connectivity index (χ4n) is 2.28. The van der Waals surface area contributed by atoms with Gasteiger partial charge in [0, 0.05) is 18.2 Å². The number of rotatable bonds is 5. The van der Waals surface area contributed by atoms with E-state index in [1.807, 2.05) is 6.07 Å². The first-order valence-corrected chi connectivity index (χ1v) is 6.45. The minimum atomic E-state index is 0. The Morgan fingerprint density at radius 3 is 2.70 bits per heavy atom. The van der Waals surface area contributed by atoms with Crippen molar-refractivity contribution in [3.63, 3.8) is 0 Å². The Balaban J connectivity index is 0.00000200. The summed E-state index contributed by atoms with van der Waals surface area (Å²) in [5.74, 6) is 1.75. The van der Waals surface area contributed by atoms with E-state index in [0.717, 1.165) is 25.2 Å². The number of halogens is 1. The summed E-state index contributed by atoms with van der Waals surface area (Å²) in [6.07, 6.45) is 1.63. The molecule has 2 rings (SSSR count). The minimum absolute atomic E-state index is 0. The largest absolute Gasteiger partial charge is 0.493 e. The molecule has 0 radical (unpaired) electrons. The first kappa shape index (κ1) is 16.6. The Morgan fingerprint density at radius 2 is 2.10 bits per heavy atom. The van der Waals surface area contributed by atoms with Gasteiger partial charge < -0.3 is 20.1 Å². The molecule has 6 heteroatoms. The van der Waals surface area contributed by atoms with Crippen LogP contribution >= 0.6 is 12.4 Å². The van der Waals surface area contributed by atoms with E-state index in [1.165, 1.54) is 0 Å². The van der Waals surface area contributed by atoms with Crippen LogP contribution in [0.3, 0.4) is 0 Å². The van der Waals surface area contributed by atoms with Crippen LogP contribution in [0.1, 0.15) is 12.8 Å². The van der Waals surface area contributed by atoms with Crippen molar-refractivity contribution in [1.82, 2.24) is 5.32 Å². The molecule has 5 nitrogen and oxygen atoms in total. The van der Waals surface area contributed by atoms with Gasteiger partial charge in [0.05, 0.1) is 14.2 Å². The van der Waals surface area contributed by atoms with Gasteiger partial charge >= 0.3 is 0 Å².